The molecule has 3 aromatic rings. The van der Waals surface area contributed by atoms with Crippen LogP contribution in [0.1, 0.15) is 34.5 Å². The van der Waals surface area contributed by atoms with Crippen molar-refractivity contribution in [3.63, 3.8) is 0 Å². The Labute approximate surface area is 233 Å². The number of carbonyl (C=O) groups excluding carboxylic acids is 2. The van der Waals surface area contributed by atoms with Gasteiger partial charge in [-0.15, -0.1) is 11.5 Å². The molecule has 10 nitrogen and oxygen atoms in total. The Morgan fingerprint density at radius 1 is 1.12 bits per heavy atom. The fraction of sp³-hybridized carbons (Fsp3) is 0.333. The fourth-order valence-electron chi connectivity index (χ4n) is 4.64. The Kier molecular flexibility index (Phi) is 8.41. The molecule has 1 saturated heterocycles. The number of aromatic amines is 1. The number of fused-ring (bicyclic) bond motifs is 1. The molecule has 2 aliphatic rings. The summed E-state index contributed by atoms with van der Waals surface area (Å²) in [6, 6.07) is 14.2. The Bertz CT molecular complexity index is 1460. The fourth-order valence-corrected chi connectivity index (χ4v) is 4.64. The quantitative estimate of drug-likeness (QED) is 0.409. The minimum atomic E-state index is -0.946. The summed E-state index contributed by atoms with van der Waals surface area (Å²) in [5.74, 6) is 9.15. The predicted molar refractivity (Wildman–Crippen MR) is 151 cm³/mol. The molecule has 0 bridgehead atoms. The molecule has 204 valence electrons. The molecule has 3 N–H and O–H groups in total. The molecule has 1 aromatic heterocycles. The van der Waals surface area contributed by atoms with E-state index in [1.54, 1.807) is 19.1 Å². The van der Waals surface area contributed by atoms with E-state index in [1.165, 1.54) is 0 Å². The van der Waals surface area contributed by atoms with Crippen LogP contribution in [0.25, 0.3) is 0 Å². The van der Waals surface area contributed by atoms with Crippen molar-refractivity contribution in [3.05, 3.63) is 71.3 Å². The highest BCUT2D eigenvalue weighted by Crippen LogP contribution is 2.30. The number of hydrogen-bond donors (Lipinski definition) is 3. The molecule has 2 aromatic carbocycles. The van der Waals surface area contributed by atoms with Gasteiger partial charge in [0.25, 0.3) is 11.8 Å². The summed E-state index contributed by atoms with van der Waals surface area (Å²) in [6.45, 7) is 6.80. The van der Waals surface area contributed by atoms with E-state index in [1.807, 2.05) is 36.4 Å². The van der Waals surface area contributed by atoms with Gasteiger partial charge < -0.3 is 15.4 Å². The number of carbonyl (C=O) groups is 2. The molecule has 0 unspecified atom stereocenters. The molecule has 3 heterocycles. The Morgan fingerprint density at radius 3 is 2.62 bits per heavy atom. The van der Waals surface area contributed by atoms with Gasteiger partial charge in [-0.25, -0.2) is 4.98 Å². The van der Waals surface area contributed by atoms with Crippen molar-refractivity contribution in [2.24, 2.45) is 0 Å². The van der Waals surface area contributed by atoms with Crippen LogP contribution in [0.15, 0.2) is 48.5 Å². The van der Waals surface area contributed by atoms with E-state index in [0.29, 0.717) is 36.8 Å². The normalized spacial score (nSPS) is 19.1. The van der Waals surface area contributed by atoms with Crippen LogP contribution < -0.4 is 15.4 Å². The third kappa shape index (κ3) is 6.67. The van der Waals surface area contributed by atoms with Crippen LogP contribution in [0.5, 0.6) is 5.75 Å². The van der Waals surface area contributed by atoms with Crippen LogP contribution in [-0.2, 0) is 11.2 Å². The second-order valence-corrected chi connectivity index (χ2v) is 9.80. The first-order valence-electron chi connectivity index (χ1n) is 13.2. The van der Waals surface area contributed by atoms with Crippen LogP contribution >= 0.6 is 0 Å². The van der Waals surface area contributed by atoms with Crippen LogP contribution in [0, 0.1) is 24.2 Å². The van der Waals surface area contributed by atoms with Gasteiger partial charge in [0.05, 0.1) is 18.8 Å². The Hall–Kier alpha value is -4.64. The summed E-state index contributed by atoms with van der Waals surface area (Å²) >= 11 is 0. The van der Waals surface area contributed by atoms with Gasteiger partial charge in [0.2, 0.25) is 5.82 Å². The summed E-state index contributed by atoms with van der Waals surface area (Å²) in [7, 11) is 0. The summed E-state index contributed by atoms with van der Waals surface area (Å²) in [5.41, 5.74) is 2.30. The molecule has 2 atom stereocenters. The van der Waals surface area contributed by atoms with Crippen molar-refractivity contribution in [1.29, 1.82) is 0 Å². The first kappa shape index (κ1) is 26.9. The standard InChI is InChI=1S/C30H31N7O3/c1-3-13-36-15-17-37(18-16-36)14-7-10-23-11-12-25-24(19-23)31-29(38)27(21(2)40-25)33-30(39)28-32-26(34-35-28)20-22-8-5-4-6-9-22/h1,4-6,8-9,11-12,19,21,27H,13-18,20H2,2H3,(H,31,38)(H,33,39)(H,32,34,35)/t21-,27+/m1/s1. The van der Waals surface area contributed by atoms with E-state index in [9.17, 15) is 9.59 Å². The van der Waals surface area contributed by atoms with Gasteiger partial charge in [-0.3, -0.25) is 24.5 Å². The van der Waals surface area contributed by atoms with Crippen molar-refractivity contribution >= 4 is 17.5 Å². The Morgan fingerprint density at radius 2 is 1.88 bits per heavy atom. The second-order valence-electron chi connectivity index (χ2n) is 9.80. The van der Waals surface area contributed by atoms with Gasteiger partial charge in [-0.1, -0.05) is 48.1 Å². The minimum Gasteiger partial charge on any atom is -0.486 e. The van der Waals surface area contributed by atoms with Crippen LogP contribution in [-0.4, -0.2) is 88.2 Å². The maximum atomic E-state index is 13.1. The molecule has 0 saturated carbocycles. The molecule has 40 heavy (non-hydrogen) atoms. The van der Waals surface area contributed by atoms with E-state index in [-0.39, 0.29) is 5.82 Å². The van der Waals surface area contributed by atoms with E-state index >= 15 is 0 Å². The molecule has 5 rings (SSSR count). The number of aromatic nitrogens is 3. The highest BCUT2D eigenvalue weighted by atomic mass is 16.5. The van der Waals surface area contributed by atoms with Gasteiger partial charge >= 0.3 is 0 Å². The van der Waals surface area contributed by atoms with E-state index in [0.717, 1.165) is 37.3 Å². The lowest BCUT2D eigenvalue weighted by atomic mass is 10.1. The number of piperazine rings is 1. The molecule has 0 radical (unpaired) electrons. The predicted octanol–water partition coefficient (Wildman–Crippen LogP) is 1.52. The van der Waals surface area contributed by atoms with Crippen molar-refractivity contribution in [2.45, 2.75) is 25.5 Å². The SMILES string of the molecule is C#CCN1CCN(CC#Cc2ccc3c(c2)NC(=O)[C@@H](NC(=O)c2n[nH]c(Cc4ccccc4)n2)[C@@H](C)O3)CC1. The summed E-state index contributed by atoms with van der Waals surface area (Å²) < 4.78 is 6.02. The zero-order valence-electron chi connectivity index (χ0n) is 22.3. The average molecular weight is 538 g/mol. The number of rotatable bonds is 6. The van der Waals surface area contributed by atoms with Crippen LogP contribution in [0.3, 0.4) is 0 Å². The molecule has 0 aliphatic carbocycles. The number of amides is 2. The lowest BCUT2D eigenvalue weighted by molar-refractivity contribution is -0.119. The number of benzene rings is 2. The number of terminal acetylenes is 1. The van der Waals surface area contributed by atoms with Gasteiger partial charge in [-0.2, -0.15) is 0 Å². The number of anilines is 1. The molecular formula is C30H31N7O3. The molecule has 2 amide bonds. The zero-order valence-corrected chi connectivity index (χ0v) is 22.3. The van der Waals surface area contributed by atoms with Crippen molar-refractivity contribution in [3.8, 4) is 29.9 Å². The summed E-state index contributed by atoms with van der Waals surface area (Å²) in [5, 5.41) is 12.4. The average Bonchev–Trinajstić information content (AvgIpc) is 3.39. The van der Waals surface area contributed by atoms with E-state index in [2.05, 4.69) is 53.4 Å². The lowest BCUT2D eigenvalue weighted by Crippen LogP contribution is -2.51. The number of nitrogens with zero attached hydrogens (tertiary/aromatic N) is 4. The molecule has 2 aliphatic heterocycles. The number of H-pyrrole nitrogens is 1. The van der Waals surface area contributed by atoms with Gasteiger partial charge in [-0.05, 0) is 30.7 Å². The lowest BCUT2D eigenvalue weighted by Gasteiger charge is -2.32. The molecule has 10 heteroatoms. The molecular weight excluding hydrogens is 506 g/mol. The topological polar surface area (TPSA) is 115 Å². The van der Waals surface area contributed by atoms with Crippen LogP contribution in [0.4, 0.5) is 5.69 Å². The number of ether oxygens (including phenoxy) is 1. The van der Waals surface area contributed by atoms with Gasteiger partial charge in [0.15, 0.2) is 0 Å². The smallest absolute Gasteiger partial charge is 0.291 e. The molecule has 1 fully saturated rings. The van der Waals surface area contributed by atoms with Gasteiger partial charge in [0.1, 0.15) is 23.7 Å². The maximum Gasteiger partial charge on any atom is 0.291 e. The van der Waals surface area contributed by atoms with Gasteiger partial charge in [0, 0.05) is 38.2 Å². The first-order valence-corrected chi connectivity index (χ1v) is 13.2. The molecule has 0 spiro atoms. The van der Waals surface area contributed by atoms with Crippen molar-refractivity contribution in [2.75, 3.05) is 44.6 Å². The maximum absolute atomic E-state index is 13.1. The zero-order chi connectivity index (χ0) is 27.9. The summed E-state index contributed by atoms with van der Waals surface area (Å²) in [4.78, 5) is 34.8. The second kappa shape index (κ2) is 12.5. The van der Waals surface area contributed by atoms with Crippen molar-refractivity contribution < 1.29 is 14.3 Å². The first-order chi connectivity index (χ1) is 19.5. The number of nitrogens with one attached hydrogen (secondary N) is 3. The van der Waals surface area contributed by atoms with E-state index in [4.69, 9.17) is 11.2 Å². The minimum absolute atomic E-state index is 0.0392. The third-order valence-corrected chi connectivity index (χ3v) is 6.85. The monoisotopic (exact) mass is 537 g/mol. The highest BCUT2D eigenvalue weighted by molar-refractivity contribution is 6.01. The highest BCUT2D eigenvalue weighted by Gasteiger charge is 2.33. The Balaban J connectivity index is 1.18. The number of hydrogen-bond acceptors (Lipinski definition) is 7. The van der Waals surface area contributed by atoms with Crippen molar-refractivity contribution in [1.82, 2.24) is 30.3 Å². The van der Waals surface area contributed by atoms with Crippen LogP contribution in [0.2, 0.25) is 0 Å². The van der Waals surface area contributed by atoms with E-state index < -0.39 is 24.0 Å². The summed E-state index contributed by atoms with van der Waals surface area (Å²) in [6.07, 6.45) is 5.28. The third-order valence-electron chi connectivity index (χ3n) is 6.85. The largest absolute Gasteiger partial charge is 0.486 e.